The largest absolute Gasteiger partial charge is 0.460 e. The quantitative estimate of drug-likeness (QED) is 0.851. The maximum atomic E-state index is 5.75. The standard InChI is InChI=1S/C12H15N3O/c1-15-8-9(6-14-15)12-5-4-11(16-12)7-13-10-2-3-10/h4-6,8,10,13H,2-3,7H2,1H3. The van der Waals surface area contributed by atoms with Crippen LogP contribution in [0.4, 0.5) is 0 Å². The molecule has 2 aromatic rings. The number of aromatic nitrogens is 2. The highest BCUT2D eigenvalue weighted by molar-refractivity contribution is 5.55. The Labute approximate surface area is 94.3 Å². The van der Waals surface area contributed by atoms with Crippen LogP contribution in [0.25, 0.3) is 11.3 Å². The molecular weight excluding hydrogens is 202 g/mol. The third-order valence-electron chi connectivity index (χ3n) is 2.79. The molecule has 0 amide bonds. The van der Waals surface area contributed by atoms with Crippen LogP contribution in [0.2, 0.25) is 0 Å². The third kappa shape index (κ3) is 2.02. The van der Waals surface area contributed by atoms with E-state index in [1.807, 2.05) is 31.6 Å². The lowest BCUT2D eigenvalue weighted by Crippen LogP contribution is -2.14. The highest BCUT2D eigenvalue weighted by Crippen LogP contribution is 2.23. The number of furan rings is 1. The van der Waals surface area contributed by atoms with Gasteiger partial charge in [-0.05, 0) is 25.0 Å². The average Bonchev–Trinajstić information content (AvgIpc) is 2.81. The molecule has 16 heavy (non-hydrogen) atoms. The summed E-state index contributed by atoms with van der Waals surface area (Å²) in [6.45, 7) is 0.824. The molecule has 0 aromatic carbocycles. The van der Waals surface area contributed by atoms with Crippen molar-refractivity contribution in [2.24, 2.45) is 7.05 Å². The van der Waals surface area contributed by atoms with Crippen molar-refractivity contribution >= 4 is 0 Å². The minimum Gasteiger partial charge on any atom is -0.460 e. The molecule has 1 N–H and O–H groups in total. The zero-order valence-electron chi connectivity index (χ0n) is 9.31. The molecule has 0 radical (unpaired) electrons. The van der Waals surface area contributed by atoms with E-state index < -0.39 is 0 Å². The van der Waals surface area contributed by atoms with E-state index in [1.165, 1.54) is 12.8 Å². The second kappa shape index (κ2) is 3.79. The lowest BCUT2D eigenvalue weighted by molar-refractivity contribution is 0.492. The molecule has 84 valence electrons. The summed E-state index contributed by atoms with van der Waals surface area (Å²) in [4.78, 5) is 0. The molecule has 2 aromatic heterocycles. The summed E-state index contributed by atoms with van der Waals surface area (Å²) >= 11 is 0. The van der Waals surface area contributed by atoms with Gasteiger partial charge in [-0.15, -0.1) is 0 Å². The minimum atomic E-state index is 0.715. The summed E-state index contributed by atoms with van der Waals surface area (Å²) in [6, 6.07) is 4.74. The second-order valence-corrected chi connectivity index (χ2v) is 4.32. The van der Waals surface area contributed by atoms with Crippen molar-refractivity contribution in [1.29, 1.82) is 0 Å². The number of nitrogens with one attached hydrogen (secondary N) is 1. The van der Waals surface area contributed by atoms with Gasteiger partial charge in [-0.3, -0.25) is 4.68 Å². The lowest BCUT2D eigenvalue weighted by Gasteiger charge is -1.98. The third-order valence-corrected chi connectivity index (χ3v) is 2.79. The van der Waals surface area contributed by atoms with Gasteiger partial charge in [0, 0.05) is 19.3 Å². The molecule has 0 saturated heterocycles. The second-order valence-electron chi connectivity index (χ2n) is 4.32. The van der Waals surface area contributed by atoms with Crippen molar-refractivity contribution in [3.8, 4) is 11.3 Å². The number of rotatable bonds is 4. The van der Waals surface area contributed by atoms with Crippen molar-refractivity contribution in [3.05, 3.63) is 30.3 Å². The normalized spacial score (nSPS) is 15.6. The molecule has 0 atom stereocenters. The first-order valence-corrected chi connectivity index (χ1v) is 5.62. The van der Waals surface area contributed by atoms with Gasteiger partial charge >= 0.3 is 0 Å². The fraction of sp³-hybridized carbons (Fsp3) is 0.417. The van der Waals surface area contributed by atoms with Gasteiger partial charge < -0.3 is 9.73 Å². The molecule has 1 aliphatic rings. The van der Waals surface area contributed by atoms with E-state index in [2.05, 4.69) is 10.4 Å². The van der Waals surface area contributed by atoms with Crippen LogP contribution in [-0.4, -0.2) is 15.8 Å². The van der Waals surface area contributed by atoms with Gasteiger partial charge in [0.15, 0.2) is 0 Å². The summed E-state index contributed by atoms with van der Waals surface area (Å²) < 4.78 is 7.52. The average molecular weight is 217 g/mol. The summed E-state index contributed by atoms with van der Waals surface area (Å²) in [5.41, 5.74) is 1.03. The van der Waals surface area contributed by atoms with E-state index in [-0.39, 0.29) is 0 Å². The van der Waals surface area contributed by atoms with Crippen molar-refractivity contribution in [3.63, 3.8) is 0 Å². The molecule has 1 saturated carbocycles. The predicted octanol–water partition coefficient (Wildman–Crippen LogP) is 1.93. The van der Waals surface area contributed by atoms with Crippen LogP contribution in [0.1, 0.15) is 18.6 Å². The summed E-state index contributed by atoms with van der Waals surface area (Å²) in [6.07, 6.45) is 6.38. The highest BCUT2D eigenvalue weighted by Gasteiger charge is 2.20. The molecule has 3 rings (SSSR count). The van der Waals surface area contributed by atoms with E-state index >= 15 is 0 Å². The van der Waals surface area contributed by atoms with Crippen molar-refractivity contribution in [1.82, 2.24) is 15.1 Å². The molecular formula is C12H15N3O. The maximum absolute atomic E-state index is 5.75. The Morgan fingerprint density at radius 1 is 1.50 bits per heavy atom. The molecule has 4 heteroatoms. The Hall–Kier alpha value is -1.55. The molecule has 4 nitrogen and oxygen atoms in total. The first kappa shape index (κ1) is 9.66. The maximum Gasteiger partial charge on any atom is 0.137 e. The van der Waals surface area contributed by atoms with Crippen LogP contribution < -0.4 is 5.32 Å². The van der Waals surface area contributed by atoms with Gasteiger partial charge in [0.25, 0.3) is 0 Å². The van der Waals surface area contributed by atoms with Gasteiger partial charge in [-0.1, -0.05) is 0 Å². The molecule has 1 aliphatic carbocycles. The Balaban J connectivity index is 1.71. The van der Waals surface area contributed by atoms with E-state index in [1.54, 1.807) is 4.68 Å². The summed E-state index contributed by atoms with van der Waals surface area (Å²) in [7, 11) is 1.90. The molecule has 0 aliphatic heterocycles. The Morgan fingerprint density at radius 3 is 3.06 bits per heavy atom. The zero-order valence-corrected chi connectivity index (χ0v) is 9.31. The lowest BCUT2D eigenvalue weighted by atomic mass is 10.3. The fourth-order valence-corrected chi connectivity index (χ4v) is 1.71. The van der Waals surface area contributed by atoms with Gasteiger partial charge in [0.05, 0.1) is 18.3 Å². The van der Waals surface area contributed by atoms with E-state index in [0.29, 0.717) is 6.04 Å². The Kier molecular flexibility index (Phi) is 2.29. The smallest absolute Gasteiger partial charge is 0.137 e. The molecule has 2 heterocycles. The molecule has 1 fully saturated rings. The van der Waals surface area contributed by atoms with Gasteiger partial charge in [0.2, 0.25) is 0 Å². The topological polar surface area (TPSA) is 43.0 Å². The Bertz CT molecular complexity index is 482. The summed E-state index contributed by atoms with van der Waals surface area (Å²) in [5, 5.41) is 7.56. The van der Waals surface area contributed by atoms with Gasteiger partial charge in [0.1, 0.15) is 11.5 Å². The van der Waals surface area contributed by atoms with Crippen molar-refractivity contribution in [2.75, 3.05) is 0 Å². The van der Waals surface area contributed by atoms with E-state index in [4.69, 9.17) is 4.42 Å². The highest BCUT2D eigenvalue weighted by atomic mass is 16.3. The SMILES string of the molecule is Cn1cc(-c2ccc(CNC3CC3)o2)cn1. The van der Waals surface area contributed by atoms with E-state index in [0.717, 1.165) is 23.6 Å². The van der Waals surface area contributed by atoms with Gasteiger partial charge in [-0.2, -0.15) is 5.10 Å². The van der Waals surface area contributed by atoms with E-state index in [9.17, 15) is 0 Å². The fourth-order valence-electron chi connectivity index (χ4n) is 1.71. The van der Waals surface area contributed by atoms with Gasteiger partial charge in [-0.25, -0.2) is 0 Å². The predicted molar refractivity (Wildman–Crippen MR) is 60.8 cm³/mol. The molecule has 0 unspecified atom stereocenters. The first-order valence-electron chi connectivity index (χ1n) is 5.62. The van der Waals surface area contributed by atoms with Crippen molar-refractivity contribution < 1.29 is 4.42 Å². The Morgan fingerprint density at radius 2 is 2.38 bits per heavy atom. The zero-order chi connectivity index (χ0) is 11.0. The molecule has 0 spiro atoms. The summed E-state index contributed by atoms with van der Waals surface area (Å²) in [5.74, 6) is 1.88. The molecule has 0 bridgehead atoms. The van der Waals surface area contributed by atoms with Crippen LogP contribution in [-0.2, 0) is 13.6 Å². The number of hydrogen-bond donors (Lipinski definition) is 1. The number of aryl methyl sites for hydroxylation is 1. The van der Waals surface area contributed by atoms with Crippen LogP contribution in [0, 0.1) is 0 Å². The minimum absolute atomic E-state index is 0.715. The number of nitrogens with zero attached hydrogens (tertiary/aromatic N) is 2. The number of hydrogen-bond acceptors (Lipinski definition) is 3. The first-order chi connectivity index (χ1) is 7.81. The monoisotopic (exact) mass is 217 g/mol. The van der Waals surface area contributed by atoms with Crippen LogP contribution in [0.15, 0.2) is 28.9 Å². The van der Waals surface area contributed by atoms with Crippen LogP contribution in [0.5, 0.6) is 0 Å². The van der Waals surface area contributed by atoms with Crippen LogP contribution >= 0.6 is 0 Å². The van der Waals surface area contributed by atoms with Crippen molar-refractivity contribution in [2.45, 2.75) is 25.4 Å². The van der Waals surface area contributed by atoms with Crippen LogP contribution in [0.3, 0.4) is 0 Å².